The Bertz CT molecular complexity index is 890. The van der Waals surface area contributed by atoms with Crippen LogP contribution in [0, 0.1) is 22.7 Å². The topological polar surface area (TPSA) is 83.2 Å². The molecule has 1 saturated heterocycles. The highest BCUT2D eigenvalue weighted by Crippen LogP contribution is 2.78. The molecular weight excluding hydrogens is 368 g/mol. The molecule has 158 valence electrons. The Morgan fingerprint density at radius 1 is 1.03 bits per heavy atom. The lowest BCUT2D eigenvalue weighted by molar-refractivity contribution is -0.223. The molecule has 1 aromatic rings. The maximum Gasteiger partial charge on any atom is 0.335 e. The monoisotopic (exact) mass is 400 g/mol. The standard InChI is InChI=1S/C24H32O5/c1-21-8-5-15(25)12-23(21,27)10-7-17-16(21)6-9-22(2)18(11-19-24(17,22)29-19)14-3-4-20(26)28-13-14/h3-4,13,15-19,25,27H,5-12H2,1-2H3/t15-,16-,17+,18+,19?,21+,22+,23-,24+/m0/s1. The summed E-state index contributed by atoms with van der Waals surface area (Å²) in [6, 6.07) is 3.48. The van der Waals surface area contributed by atoms with Gasteiger partial charge in [0.25, 0.3) is 0 Å². The molecule has 5 heteroatoms. The van der Waals surface area contributed by atoms with Gasteiger partial charge < -0.3 is 19.4 Å². The van der Waals surface area contributed by atoms with Crippen LogP contribution in [-0.2, 0) is 4.74 Å². The molecule has 1 unspecified atom stereocenters. The Kier molecular flexibility index (Phi) is 3.55. The van der Waals surface area contributed by atoms with E-state index in [1.165, 1.54) is 6.07 Å². The Labute approximate surface area is 171 Å². The van der Waals surface area contributed by atoms with E-state index < -0.39 is 5.60 Å². The molecule has 1 spiro atoms. The third-order valence-electron chi connectivity index (χ3n) is 10.3. The van der Waals surface area contributed by atoms with E-state index in [2.05, 4.69) is 13.8 Å². The summed E-state index contributed by atoms with van der Waals surface area (Å²) in [5.41, 5.74) is -0.118. The van der Waals surface area contributed by atoms with E-state index in [0.29, 0.717) is 24.2 Å². The third kappa shape index (κ3) is 2.10. The van der Waals surface area contributed by atoms with E-state index in [1.807, 2.05) is 6.07 Å². The van der Waals surface area contributed by atoms with Crippen molar-refractivity contribution < 1.29 is 19.4 Å². The van der Waals surface area contributed by atoms with Gasteiger partial charge in [-0.05, 0) is 79.7 Å². The molecule has 5 nitrogen and oxygen atoms in total. The van der Waals surface area contributed by atoms with Crippen molar-refractivity contribution >= 4 is 0 Å². The van der Waals surface area contributed by atoms with Crippen LogP contribution in [0.1, 0.15) is 76.7 Å². The highest BCUT2D eigenvalue weighted by atomic mass is 16.6. The molecule has 29 heavy (non-hydrogen) atoms. The van der Waals surface area contributed by atoms with Gasteiger partial charge >= 0.3 is 5.63 Å². The van der Waals surface area contributed by atoms with Crippen molar-refractivity contribution in [2.24, 2.45) is 22.7 Å². The van der Waals surface area contributed by atoms with E-state index >= 15 is 0 Å². The first-order valence-corrected chi connectivity index (χ1v) is 11.4. The van der Waals surface area contributed by atoms with E-state index in [1.54, 1.807) is 6.26 Å². The molecule has 6 rings (SSSR count). The van der Waals surface area contributed by atoms with Crippen molar-refractivity contribution in [2.45, 2.75) is 94.5 Å². The van der Waals surface area contributed by atoms with Crippen LogP contribution in [0.25, 0.3) is 0 Å². The number of fused-ring (bicyclic) bond motifs is 3. The van der Waals surface area contributed by atoms with E-state index in [-0.39, 0.29) is 34.3 Å². The minimum atomic E-state index is -0.749. The number of ether oxygens (including phenoxy) is 1. The Morgan fingerprint density at radius 3 is 2.55 bits per heavy atom. The second-order valence-electron chi connectivity index (χ2n) is 11.1. The van der Waals surface area contributed by atoms with Crippen LogP contribution in [0.15, 0.2) is 27.6 Å². The van der Waals surface area contributed by atoms with Gasteiger partial charge in [0, 0.05) is 17.9 Å². The second kappa shape index (κ2) is 5.54. The van der Waals surface area contributed by atoms with Crippen LogP contribution >= 0.6 is 0 Å². The van der Waals surface area contributed by atoms with Gasteiger partial charge in [-0.2, -0.15) is 0 Å². The SMILES string of the molecule is C[C@]12CC[C@H](O)C[C@@]1(O)CC[C@@H]1[C@@H]2CC[C@]2(C)[C@@H](c3ccc(=O)oc3)CC3O[C@@]312. The van der Waals surface area contributed by atoms with Gasteiger partial charge in [0.15, 0.2) is 0 Å². The van der Waals surface area contributed by atoms with Crippen molar-refractivity contribution in [3.8, 4) is 0 Å². The first kappa shape index (κ1) is 18.6. The molecule has 2 heterocycles. The molecular formula is C24H32O5. The van der Waals surface area contributed by atoms with Crippen molar-refractivity contribution in [2.75, 3.05) is 0 Å². The number of hydrogen-bond acceptors (Lipinski definition) is 5. The van der Waals surface area contributed by atoms with Gasteiger partial charge in [0.2, 0.25) is 0 Å². The zero-order chi connectivity index (χ0) is 20.2. The zero-order valence-corrected chi connectivity index (χ0v) is 17.4. The Morgan fingerprint density at radius 2 is 1.79 bits per heavy atom. The summed E-state index contributed by atoms with van der Waals surface area (Å²) in [5.74, 6) is 1.26. The van der Waals surface area contributed by atoms with Crippen molar-refractivity contribution in [3.63, 3.8) is 0 Å². The predicted octanol–water partition coefficient (Wildman–Crippen LogP) is 3.37. The number of epoxide rings is 1. The normalized spacial score (nSPS) is 55.4. The fraction of sp³-hybridized carbons (Fsp3) is 0.792. The summed E-state index contributed by atoms with van der Waals surface area (Å²) < 4.78 is 11.8. The highest BCUT2D eigenvalue weighted by molar-refractivity contribution is 5.35. The van der Waals surface area contributed by atoms with E-state index in [0.717, 1.165) is 50.5 Å². The maximum absolute atomic E-state index is 11.6. The lowest BCUT2D eigenvalue weighted by atomic mass is 9.42. The maximum atomic E-state index is 11.6. The second-order valence-corrected chi connectivity index (χ2v) is 11.1. The molecule has 0 amide bonds. The first-order chi connectivity index (χ1) is 13.7. The molecule has 0 aromatic carbocycles. The lowest BCUT2D eigenvalue weighted by Crippen LogP contribution is -2.65. The Hall–Kier alpha value is -1.17. The van der Waals surface area contributed by atoms with Gasteiger partial charge in [0.05, 0.1) is 24.1 Å². The highest BCUT2D eigenvalue weighted by Gasteiger charge is 2.81. The third-order valence-corrected chi connectivity index (χ3v) is 10.3. The van der Waals surface area contributed by atoms with Crippen molar-refractivity contribution in [3.05, 3.63) is 34.4 Å². The quantitative estimate of drug-likeness (QED) is 0.706. The average molecular weight is 401 g/mol. The van der Waals surface area contributed by atoms with Gasteiger partial charge in [-0.1, -0.05) is 13.8 Å². The fourth-order valence-electron chi connectivity index (χ4n) is 8.73. The largest absolute Gasteiger partial charge is 0.431 e. The molecule has 0 radical (unpaired) electrons. The Balaban J connectivity index is 1.37. The van der Waals surface area contributed by atoms with Crippen molar-refractivity contribution in [1.82, 2.24) is 0 Å². The summed E-state index contributed by atoms with van der Waals surface area (Å²) in [5, 5.41) is 21.8. The van der Waals surface area contributed by atoms with Crippen molar-refractivity contribution in [1.29, 1.82) is 0 Å². The zero-order valence-electron chi connectivity index (χ0n) is 17.4. The molecule has 1 aromatic heterocycles. The summed E-state index contributed by atoms with van der Waals surface area (Å²) in [7, 11) is 0. The van der Waals surface area contributed by atoms with E-state index in [4.69, 9.17) is 9.15 Å². The van der Waals surface area contributed by atoms with E-state index in [9.17, 15) is 15.0 Å². The van der Waals surface area contributed by atoms with Crippen LogP contribution in [-0.4, -0.2) is 33.6 Å². The van der Waals surface area contributed by atoms with Gasteiger partial charge in [-0.25, -0.2) is 4.79 Å². The first-order valence-electron chi connectivity index (χ1n) is 11.4. The van der Waals surface area contributed by atoms with Gasteiger partial charge in [0.1, 0.15) is 5.60 Å². The smallest absolute Gasteiger partial charge is 0.335 e. The number of aliphatic hydroxyl groups is 2. The number of hydrogen-bond donors (Lipinski definition) is 2. The molecule has 4 saturated carbocycles. The summed E-state index contributed by atoms with van der Waals surface area (Å²) in [4.78, 5) is 11.4. The summed E-state index contributed by atoms with van der Waals surface area (Å²) in [6.07, 6.45) is 8.69. The molecule has 4 aliphatic carbocycles. The fourth-order valence-corrected chi connectivity index (χ4v) is 8.73. The predicted molar refractivity (Wildman–Crippen MR) is 106 cm³/mol. The van der Waals surface area contributed by atoms with Crippen LogP contribution < -0.4 is 5.63 Å². The average Bonchev–Trinajstić information content (AvgIpc) is 3.34. The van der Waals surface area contributed by atoms with Crippen LogP contribution in [0.4, 0.5) is 0 Å². The van der Waals surface area contributed by atoms with Gasteiger partial charge in [-0.3, -0.25) is 0 Å². The minimum absolute atomic E-state index is 0.0404. The number of rotatable bonds is 1. The molecule has 1 aliphatic heterocycles. The van der Waals surface area contributed by atoms with Crippen LogP contribution in [0.5, 0.6) is 0 Å². The van der Waals surface area contributed by atoms with Crippen LogP contribution in [0.2, 0.25) is 0 Å². The molecule has 2 N–H and O–H groups in total. The minimum Gasteiger partial charge on any atom is -0.431 e. The molecule has 0 bridgehead atoms. The summed E-state index contributed by atoms with van der Waals surface area (Å²) >= 11 is 0. The van der Waals surface area contributed by atoms with Gasteiger partial charge in [-0.15, -0.1) is 0 Å². The molecule has 9 atom stereocenters. The molecule has 5 aliphatic rings. The van der Waals surface area contributed by atoms with Crippen LogP contribution in [0.3, 0.4) is 0 Å². The lowest BCUT2D eigenvalue weighted by Gasteiger charge is -2.64. The molecule has 5 fully saturated rings. The number of aliphatic hydroxyl groups excluding tert-OH is 1. The summed E-state index contributed by atoms with van der Waals surface area (Å²) in [6.45, 7) is 4.67.